The van der Waals surface area contributed by atoms with Crippen LogP contribution in [0.4, 0.5) is 0 Å². The molecule has 5 aliphatic rings. The van der Waals surface area contributed by atoms with Crippen LogP contribution in [0.1, 0.15) is 38.5 Å². The summed E-state index contributed by atoms with van der Waals surface area (Å²) in [5, 5.41) is 0. The van der Waals surface area contributed by atoms with Gasteiger partial charge in [0.15, 0.2) is 0 Å². The lowest BCUT2D eigenvalue weighted by molar-refractivity contribution is -0.0304. The second-order valence-corrected chi connectivity index (χ2v) is 9.71. The molecule has 0 saturated heterocycles. The molecule has 20 heavy (non-hydrogen) atoms. The summed E-state index contributed by atoms with van der Waals surface area (Å²) in [5.74, 6) is 2.72. The first-order valence-corrected chi connectivity index (χ1v) is 9.61. The molecule has 1 aromatic rings. The van der Waals surface area contributed by atoms with E-state index in [4.69, 9.17) is 0 Å². The van der Waals surface area contributed by atoms with Crippen molar-refractivity contribution in [1.29, 1.82) is 0 Å². The van der Waals surface area contributed by atoms with E-state index >= 15 is 0 Å². The van der Waals surface area contributed by atoms with Crippen LogP contribution in [0.25, 0.3) is 0 Å². The quantitative estimate of drug-likeness (QED) is 0.731. The summed E-state index contributed by atoms with van der Waals surface area (Å²) in [6.07, 6.45) is 8.18. The number of hydrogen-bond donors (Lipinski definition) is 0. The fourth-order valence-electron chi connectivity index (χ4n) is 5.44. The maximum atomic E-state index is 12.9. The lowest BCUT2D eigenvalue weighted by atomic mass is 9.53. The molecule has 0 N–H and O–H groups in total. The lowest BCUT2D eigenvalue weighted by Gasteiger charge is -2.58. The molecule has 4 saturated carbocycles. The fourth-order valence-corrected chi connectivity index (χ4v) is 8.60. The van der Waals surface area contributed by atoms with Gasteiger partial charge >= 0.3 is 0 Å². The van der Waals surface area contributed by atoms with E-state index in [1.165, 1.54) is 43.4 Å². The largest absolute Gasteiger partial charge is 0.236 e. The zero-order valence-corrected chi connectivity index (χ0v) is 13.1. The lowest BCUT2D eigenvalue weighted by Crippen LogP contribution is -2.57. The van der Waals surface area contributed by atoms with E-state index in [-0.39, 0.29) is 5.54 Å². The van der Waals surface area contributed by atoms with E-state index in [2.05, 4.69) is 15.8 Å². The van der Waals surface area contributed by atoms with E-state index in [0.29, 0.717) is 0 Å². The number of benzene rings is 1. The Balaban J connectivity index is 1.54. The molecule has 1 heterocycles. The van der Waals surface area contributed by atoms with Gasteiger partial charge in [0, 0.05) is 10.4 Å². The minimum Gasteiger partial charge on any atom is -0.236 e. The van der Waals surface area contributed by atoms with Crippen LogP contribution in [-0.2, 0) is 11.0 Å². The van der Waals surface area contributed by atoms with Crippen LogP contribution in [-0.4, -0.2) is 13.5 Å². The third-order valence-electron chi connectivity index (χ3n) is 5.76. The number of nitrogens with zero attached hydrogens (tertiary/aromatic N) is 1. The number of rotatable bonds is 1. The molecule has 4 aliphatic carbocycles. The van der Waals surface area contributed by atoms with Crippen LogP contribution < -0.4 is 0 Å². The maximum Gasteiger partial charge on any atom is 0.139 e. The average Bonchev–Trinajstić information content (AvgIpc) is 2.76. The van der Waals surface area contributed by atoms with Crippen molar-refractivity contribution in [2.45, 2.75) is 53.9 Å². The molecule has 4 bridgehead atoms. The zero-order chi connectivity index (χ0) is 13.3. The molecule has 0 aromatic heterocycles. The standard InChI is InChI=1S/C16H19NOS2/c18-20-15-4-2-1-3-14(15)19-17(20)16-8-11-5-12(9-16)7-13(6-11)10-16/h1-4,11-13H,5-10H2/t11?,12?,13?,16?,20-/m0/s1. The summed E-state index contributed by atoms with van der Waals surface area (Å²) in [6.45, 7) is 0. The molecular formula is C16H19NOS2. The molecular weight excluding hydrogens is 286 g/mol. The van der Waals surface area contributed by atoms with Gasteiger partial charge in [-0.2, -0.15) is 3.71 Å². The molecule has 0 radical (unpaired) electrons. The molecule has 2 nitrogen and oxygen atoms in total. The number of fused-ring (bicyclic) bond motifs is 1. The zero-order valence-electron chi connectivity index (χ0n) is 11.5. The van der Waals surface area contributed by atoms with Crippen LogP contribution in [0.2, 0.25) is 0 Å². The topological polar surface area (TPSA) is 20.3 Å². The molecule has 4 heteroatoms. The second kappa shape index (κ2) is 4.11. The summed E-state index contributed by atoms with van der Waals surface area (Å²) < 4.78 is 15.2. The molecule has 0 spiro atoms. The molecule has 106 valence electrons. The Labute approximate surface area is 127 Å². The van der Waals surface area contributed by atoms with Crippen molar-refractivity contribution in [1.82, 2.24) is 3.71 Å². The summed E-state index contributed by atoms with van der Waals surface area (Å²) >= 11 is 1.77. The first-order valence-electron chi connectivity index (χ1n) is 7.73. The highest BCUT2D eigenvalue weighted by Crippen LogP contribution is 2.61. The third-order valence-corrected chi connectivity index (χ3v) is 9.05. The summed E-state index contributed by atoms with van der Waals surface area (Å²) in [4.78, 5) is 2.25. The third kappa shape index (κ3) is 1.59. The monoisotopic (exact) mass is 305 g/mol. The van der Waals surface area contributed by atoms with Crippen molar-refractivity contribution < 1.29 is 4.21 Å². The van der Waals surface area contributed by atoms with Gasteiger partial charge in [0.05, 0.1) is 4.90 Å². The van der Waals surface area contributed by atoms with E-state index in [9.17, 15) is 4.21 Å². The van der Waals surface area contributed by atoms with Crippen molar-refractivity contribution in [3.8, 4) is 0 Å². The van der Waals surface area contributed by atoms with Gasteiger partial charge in [-0.1, -0.05) is 12.1 Å². The Hall–Kier alpha value is -0.320. The Morgan fingerprint density at radius 1 is 1.05 bits per heavy atom. The van der Waals surface area contributed by atoms with Gasteiger partial charge < -0.3 is 0 Å². The minimum atomic E-state index is -0.951. The molecule has 0 unspecified atom stereocenters. The summed E-state index contributed by atoms with van der Waals surface area (Å²) in [5.41, 5.74) is 0.225. The second-order valence-electron chi connectivity index (χ2n) is 7.19. The van der Waals surface area contributed by atoms with Gasteiger partial charge in [0.2, 0.25) is 0 Å². The average molecular weight is 305 g/mol. The van der Waals surface area contributed by atoms with Gasteiger partial charge in [-0.05, 0) is 80.4 Å². The predicted octanol–water partition coefficient (Wildman–Crippen LogP) is 4.00. The summed E-state index contributed by atoms with van der Waals surface area (Å²) in [6, 6.07) is 8.24. The normalized spacial score (nSPS) is 45.8. The first kappa shape index (κ1) is 12.2. The highest BCUT2D eigenvalue weighted by molar-refractivity contribution is 8.09. The van der Waals surface area contributed by atoms with Gasteiger partial charge in [-0.25, -0.2) is 4.21 Å². The Kier molecular flexibility index (Phi) is 2.52. The smallest absolute Gasteiger partial charge is 0.139 e. The SMILES string of the molecule is O=[S@]1c2ccccc2SN1C12CC3CC(CC(C3)C1)C2. The molecule has 1 atom stereocenters. The molecule has 1 aliphatic heterocycles. The maximum absolute atomic E-state index is 12.9. The van der Waals surface area contributed by atoms with Crippen LogP contribution in [0.15, 0.2) is 34.1 Å². The van der Waals surface area contributed by atoms with E-state index in [0.717, 1.165) is 22.6 Å². The van der Waals surface area contributed by atoms with E-state index in [1.54, 1.807) is 11.9 Å². The minimum absolute atomic E-state index is 0.225. The number of hydrogen-bond acceptors (Lipinski definition) is 2. The van der Waals surface area contributed by atoms with Crippen LogP contribution in [0, 0.1) is 17.8 Å². The molecule has 0 amide bonds. The Morgan fingerprint density at radius 2 is 1.65 bits per heavy atom. The summed E-state index contributed by atoms with van der Waals surface area (Å²) in [7, 11) is -0.951. The molecule has 1 aromatic carbocycles. The van der Waals surface area contributed by atoms with Gasteiger partial charge in [-0.15, -0.1) is 0 Å². The van der Waals surface area contributed by atoms with Gasteiger partial charge in [0.25, 0.3) is 0 Å². The van der Waals surface area contributed by atoms with Crippen molar-refractivity contribution in [3.05, 3.63) is 24.3 Å². The Bertz CT molecular complexity index is 565. The van der Waals surface area contributed by atoms with Crippen LogP contribution in [0.5, 0.6) is 0 Å². The van der Waals surface area contributed by atoms with Crippen molar-refractivity contribution in [2.75, 3.05) is 0 Å². The fraction of sp³-hybridized carbons (Fsp3) is 0.625. The van der Waals surface area contributed by atoms with Crippen LogP contribution >= 0.6 is 11.9 Å². The van der Waals surface area contributed by atoms with E-state index in [1.807, 2.05) is 12.1 Å². The van der Waals surface area contributed by atoms with Crippen molar-refractivity contribution in [2.24, 2.45) is 17.8 Å². The first-order chi connectivity index (χ1) is 9.73. The van der Waals surface area contributed by atoms with Crippen LogP contribution in [0.3, 0.4) is 0 Å². The molecule has 4 fully saturated rings. The van der Waals surface area contributed by atoms with Crippen molar-refractivity contribution >= 4 is 22.9 Å². The van der Waals surface area contributed by atoms with E-state index < -0.39 is 11.0 Å². The Morgan fingerprint density at radius 3 is 2.25 bits per heavy atom. The predicted molar refractivity (Wildman–Crippen MR) is 81.4 cm³/mol. The van der Waals surface area contributed by atoms with Crippen molar-refractivity contribution in [3.63, 3.8) is 0 Å². The highest BCUT2D eigenvalue weighted by atomic mass is 32.2. The van der Waals surface area contributed by atoms with Gasteiger partial charge in [0.1, 0.15) is 11.0 Å². The molecule has 6 rings (SSSR count). The highest BCUT2D eigenvalue weighted by Gasteiger charge is 2.56. The van der Waals surface area contributed by atoms with Gasteiger partial charge in [-0.3, -0.25) is 0 Å².